The number of hydrogen-bond acceptors (Lipinski definition) is 5. The predicted octanol–water partition coefficient (Wildman–Crippen LogP) is 4.18. The number of fused-ring (bicyclic) bond motifs is 2. The molecule has 2 N–H and O–H groups in total. The van der Waals surface area contributed by atoms with Crippen LogP contribution in [0.15, 0.2) is 36.5 Å². The molecular weight excluding hydrogens is 352 g/mol. The molecule has 0 atom stereocenters. The van der Waals surface area contributed by atoms with Gasteiger partial charge in [0, 0.05) is 32.8 Å². The van der Waals surface area contributed by atoms with Crippen LogP contribution < -0.4 is 15.1 Å². The predicted molar refractivity (Wildman–Crippen MR) is 115 cm³/mol. The Kier molecular flexibility index (Phi) is 6.52. The van der Waals surface area contributed by atoms with Gasteiger partial charge in [-0.3, -0.25) is 4.79 Å². The summed E-state index contributed by atoms with van der Waals surface area (Å²) in [6.45, 7) is 1.93. The van der Waals surface area contributed by atoms with E-state index in [2.05, 4.69) is 21.3 Å². The van der Waals surface area contributed by atoms with E-state index < -0.39 is 0 Å². The van der Waals surface area contributed by atoms with E-state index in [1.807, 2.05) is 38.4 Å². The monoisotopic (exact) mass is 382 g/mol. The minimum absolute atomic E-state index is 0.00371. The average Bonchev–Trinajstić information content (AvgIpc) is 2.80. The van der Waals surface area contributed by atoms with Crippen LogP contribution in [0.2, 0.25) is 0 Å². The summed E-state index contributed by atoms with van der Waals surface area (Å²) in [6, 6.07) is 10.3. The van der Waals surface area contributed by atoms with Crippen LogP contribution in [0.1, 0.15) is 49.4 Å². The van der Waals surface area contributed by atoms with Crippen molar-refractivity contribution in [1.82, 2.24) is 4.98 Å². The van der Waals surface area contributed by atoms with Crippen molar-refractivity contribution < 1.29 is 9.90 Å². The van der Waals surface area contributed by atoms with Crippen LogP contribution >= 0.6 is 0 Å². The molecule has 28 heavy (non-hydrogen) atoms. The molecule has 1 fully saturated rings. The smallest absolute Gasteiger partial charge is 0.260 e. The molecule has 4 rings (SSSR count). The Labute approximate surface area is 167 Å². The van der Waals surface area contributed by atoms with Crippen LogP contribution in [0.3, 0.4) is 0 Å². The number of carbonyl (C=O) groups is 1. The molecule has 1 aromatic heterocycles. The van der Waals surface area contributed by atoms with E-state index in [9.17, 15) is 4.79 Å². The number of nitrogens with zero attached hydrogens (tertiary/aromatic N) is 3. The molecule has 0 unspecified atom stereocenters. The molecule has 0 bridgehead atoms. The second kappa shape index (κ2) is 9.06. The van der Waals surface area contributed by atoms with Gasteiger partial charge in [0.25, 0.3) is 5.91 Å². The second-order valence-electron chi connectivity index (χ2n) is 7.29. The van der Waals surface area contributed by atoms with Crippen molar-refractivity contribution >= 4 is 28.8 Å². The summed E-state index contributed by atoms with van der Waals surface area (Å²) in [5.41, 5.74) is 3.46. The average molecular weight is 383 g/mol. The summed E-state index contributed by atoms with van der Waals surface area (Å²) in [4.78, 5) is 21.2. The molecule has 0 spiro atoms. The number of aliphatic hydroxyl groups is 1. The highest BCUT2D eigenvalue weighted by atomic mass is 16.2. The number of aliphatic hydroxyl groups excluding tert-OH is 1. The largest absolute Gasteiger partial charge is 0.397 e. The second-order valence-corrected chi connectivity index (χ2v) is 7.29. The number of carbonyl (C=O) groups excluding carboxylic acids is 1. The lowest BCUT2D eigenvalue weighted by Crippen LogP contribution is -2.26. The van der Waals surface area contributed by atoms with E-state index >= 15 is 0 Å². The molecule has 150 valence electrons. The van der Waals surface area contributed by atoms with Crippen molar-refractivity contribution in [2.45, 2.75) is 45.1 Å². The zero-order valence-corrected chi connectivity index (χ0v) is 17.0. The van der Waals surface area contributed by atoms with Gasteiger partial charge in [0.15, 0.2) is 0 Å². The minimum Gasteiger partial charge on any atom is -0.397 e. The van der Waals surface area contributed by atoms with Crippen LogP contribution in [-0.4, -0.2) is 42.7 Å². The maximum Gasteiger partial charge on any atom is 0.260 e. The van der Waals surface area contributed by atoms with E-state index in [0.29, 0.717) is 11.6 Å². The first-order chi connectivity index (χ1) is 13.6. The molecular formula is C22H30N4O2. The Morgan fingerprint density at radius 1 is 1.07 bits per heavy atom. The Hall–Kier alpha value is -2.60. The van der Waals surface area contributed by atoms with Gasteiger partial charge in [0.2, 0.25) is 0 Å². The fraction of sp³-hybridized carbons (Fsp3) is 0.455. The van der Waals surface area contributed by atoms with Crippen LogP contribution in [0.4, 0.5) is 22.9 Å². The van der Waals surface area contributed by atoms with Gasteiger partial charge < -0.3 is 20.2 Å². The third-order valence-corrected chi connectivity index (χ3v) is 5.34. The summed E-state index contributed by atoms with van der Waals surface area (Å²) in [5, 5.41) is 11.2. The van der Waals surface area contributed by atoms with Crippen molar-refractivity contribution in [3.05, 3.63) is 42.1 Å². The number of rotatable bonds is 2. The quantitative estimate of drug-likeness (QED) is 0.815. The highest BCUT2D eigenvalue weighted by Crippen LogP contribution is 2.39. The molecule has 0 saturated heterocycles. The van der Waals surface area contributed by atoms with Crippen molar-refractivity contribution in [3.63, 3.8) is 0 Å². The zero-order chi connectivity index (χ0) is 20.1. The van der Waals surface area contributed by atoms with Gasteiger partial charge in [0.1, 0.15) is 5.82 Å². The van der Waals surface area contributed by atoms with Crippen LogP contribution in [0.25, 0.3) is 0 Å². The third kappa shape index (κ3) is 4.12. The van der Waals surface area contributed by atoms with Crippen molar-refractivity contribution in [2.24, 2.45) is 0 Å². The standard InChI is InChI=1S/C20H24N4O.C2H6O/c1-23-16-11-7-6-10-15(16)20(25)24(2)18-13-21-19(12-17(18)23)22-14-8-4-3-5-9-14;1-2-3/h6-7,10-14H,3-5,8-9H2,1-2H3,(H,21,22);3H,2H2,1H3. The lowest BCUT2D eigenvalue weighted by Gasteiger charge is -2.26. The number of anilines is 4. The third-order valence-electron chi connectivity index (χ3n) is 5.34. The summed E-state index contributed by atoms with van der Waals surface area (Å²) in [7, 11) is 3.82. The van der Waals surface area contributed by atoms with Crippen LogP contribution in [0, 0.1) is 0 Å². The summed E-state index contributed by atoms with van der Waals surface area (Å²) >= 11 is 0. The van der Waals surface area contributed by atoms with Crippen LogP contribution in [-0.2, 0) is 0 Å². The molecule has 6 heteroatoms. The van der Waals surface area contributed by atoms with Gasteiger partial charge in [-0.15, -0.1) is 0 Å². The molecule has 1 aliphatic heterocycles. The van der Waals surface area contributed by atoms with E-state index in [-0.39, 0.29) is 12.5 Å². The van der Waals surface area contributed by atoms with Gasteiger partial charge in [-0.2, -0.15) is 0 Å². The van der Waals surface area contributed by atoms with Gasteiger partial charge in [-0.25, -0.2) is 4.98 Å². The first kappa shape index (κ1) is 20.1. The number of amides is 1. The van der Waals surface area contributed by atoms with Gasteiger partial charge >= 0.3 is 0 Å². The highest BCUT2D eigenvalue weighted by molar-refractivity contribution is 6.13. The zero-order valence-electron chi connectivity index (χ0n) is 17.0. The topological polar surface area (TPSA) is 68.7 Å². The Morgan fingerprint density at radius 3 is 2.46 bits per heavy atom. The Balaban J connectivity index is 0.000000706. The van der Waals surface area contributed by atoms with Crippen molar-refractivity contribution in [1.29, 1.82) is 0 Å². The Bertz CT molecular complexity index is 818. The molecule has 0 radical (unpaired) electrons. The number of para-hydroxylation sites is 1. The fourth-order valence-electron chi connectivity index (χ4n) is 3.87. The Morgan fingerprint density at radius 2 is 1.75 bits per heavy atom. The maximum atomic E-state index is 12.8. The summed E-state index contributed by atoms with van der Waals surface area (Å²) in [6.07, 6.45) is 8.12. The van der Waals surface area contributed by atoms with Gasteiger partial charge in [-0.1, -0.05) is 31.4 Å². The number of pyridine rings is 1. The number of nitrogens with one attached hydrogen (secondary N) is 1. The number of hydrogen-bond donors (Lipinski definition) is 2. The molecule has 1 amide bonds. The van der Waals surface area contributed by atoms with E-state index in [0.717, 1.165) is 22.9 Å². The first-order valence-corrected chi connectivity index (χ1v) is 10.0. The maximum absolute atomic E-state index is 12.8. The van der Waals surface area contributed by atoms with Gasteiger partial charge in [0.05, 0.1) is 28.8 Å². The molecule has 1 saturated carbocycles. The highest BCUT2D eigenvalue weighted by Gasteiger charge is 2.27. The van der Waals surface area contributed by atoms with Crippen molar-refractivity contribution in [3.8, 4) is 0 Å². The number of benzene rings is 1. The van der Waals surface area contributed by atoms with E-state index in [4.69, 9.17) is 5.11 Å². The SMILES string of the molecule is CCO.CN1C(=O)c2ccccc2N(C)c2cc(NC3CCCCC3)ncc21. The van der Waals surface area contributed by atoms with Gasteiger partial charge in [-0.05, 0) is 31.9 Å². The molecule has 2 heterocycles. The van der Waals surface area contributed by atoms with E-state index in [1.54, 1.807) is 18.0 Å². The van der Waals surface area contributed by atoms with E-state index in [1.165, 1.54) is 32.1 Å². The van der Waals surface area contributed by atoms with Crippen LogP contribution in [0.5, 0.6) is 0 Å². The lowest BCUT2D eigenvalue weighted by molar-refractivity contribution is 0.0994. The minimum atomic E-state index is -0.00371. The first-order valence-electron chi connectivity index (χ1n) is 10.0. The lowest BCUT2D eigenvalue weighted by atomic mass is 9.95. The molecule has 1 aromatic carbocycles. The number of aromatic nitrogens is 1. The fourth-order valence-corrected chi connectivity index (χ4v) is 3.87. The molecule has 2 aliphatic rings. The molecule has 2 aromatic rings. The molecule has 1 aliphatic carbocycles. The summed E-state index contributed by atoms with van der Waals surface area (Å²) in [5.74, 6) is 0.883. The molecule has 6 nitrogen and oxygen atoms in total. The summed E-state index contributed by atoms with van der Waals surface area (Å²) < 4.78 is 0. The normalized spacial score (nSPS) is 16.5. The van der Waals surface area contributed by atoms with Crippen molar-refractivity contribution in [2.75, 3.05) is 35.8 Å².